The van der Waals surface area contributed by atoms with E-state index in [0.717, 1.165) is 0 Å². The van der Waals surface area contributed by atoms with E-state index in [-0.39, 0.29) is 34.8 Å². The molecule has 0 aliphatic carbocycles. The number of hydrogen-bond acceptors (Lipinski definition) is 7. The topological polar surface area (TPSA) is 188 Å². The normalized spacial score (nSPS) is 11.8. The van der Waals surface area contributed by atoms with Gasteiger partial charge in [0.1, 0.15) is 17.3 Å². The lowest BCUT2D eigenvalue weighted by molar-refractivity contribution is 0.0690. The zero-order valence-electron chi connectivity index (χ0n) is 22.0. The molecule has 0 radical (unpaired) electrons. The maximum Gasteiger partial charge on any atom is 0.355 e. The van der Waals surface area contributed by atoms with Gasteiger partial charge >= 0.3 is 5.97 Å². The predicted octanol–water partition coefficient (Wildman–Crippen LogP) is 3.13. The second kappa shape index (κ2) is 11.7. The summed E-state index contributed by atoms with van der Waals surface area (Å²) in [6, 6.07) is 13.1. The van der Waals surface area contributed by atoms with Gasteiger partial charge in [0.2, 0.25) is 0 Å². The van der Waals surface area contributed by atoms with Gasteiger partial charge in [-0.15, -0.1) is 0 Å². The fraction of sp³-hybridized carbons (Fsp3) is 0.250. The summed E-state index contributed by atoms with van der Waals surface area (Å²) < 4.78 is 5.27. The van der Waals surface area contributed by atoms with Crippen molar-refractivity contribution in [2.75, 3.05) is 19.0 Å². The van der Waals surface area contributed by atoms with Gasteiger partial charge in [-0.05, 0) is 65.6 Å². The van der Waals surface area contributed by atoms with Gasteiger partial charge < -0.3 is 31.3 Å². The first kappa shape index (κ1) is 28.8. The fourth-order valence-corrected chi connectivity index (χ4v) is 3.74. The van der Waals surface area contributed by atoms with Gasteiger partial charge in [0.05, 0.1) is 25.3 Å². The molecule has 0 unspecified atom stereocenters. The number of amidine groups is 1. The minimum absolute atomic E-state index is 0.111. The summed E-state index contributed by atoms with van der Waals surface area (Å²) in [4.78, 5) is 42.4. The number of hydrogen-bond donors (Lipinski definition) is 6. The monoisotopic (exact) mass is 533 g/mol. The van der Waals surface area contributed by atoms with Crippen LogP contribution in [-0.2, 0) is 0 Å². The summed E-state index contributed by atoms with van der Waals surface area (Å²) in [5, 5.41) is 32.5. The molecule has 1 aromatic heterocycles. The zero-order valence-corrected chi connectivity index (χ0v) is 22.0. The Morgan fingerprint density at radius 2 is 1.67 bits per heavy atom. The van der Waals surface area contributed by atoms with E-state index in [1.165, 1.54) is 31.4 Å². The van der Waals surface area contributed by atoms with E-state index in [2.05, 4.69) is 15.6 Å². The number of carbonyl (C=O) groups is 3. The molecule has 2 amide bonds. The number of carboxylic acid groups (broad SMARTS) is 1. The van der Waals surface area contributed by atoms with Crippen LogP contribution in [0.4, 0.5) is 5.69 Å². The molecule has 1 atom stereocenters. The maximum atomic E-state index is 13.3. The van der Waals surface area contributed by atoms with Crippen LogP contribution in [0.25, 0.3) is 11.1 Å². The standard InChI is InChI=1S/C28H31N5O6/c1-28(2,3)22(14-34)33-26(36)21-12-11-19(23(32-21)27(37)38)18-10-9-17(39-4)13-20(18)25(35)31-16-7-5-15(6-8-16)24(29)30/h5-13,22,34H,14H2,1-4H3,(H3,29,30)(H,31,35)(H,33,36)(H,37,38)/t22-/m1/s1. The number of nitrogen functional groups attached to an aromatic ring is 1. The number of carboxylic acids is 1. The van der Waals surface area contributed by atoms with Crippen LogP contribution in [0.1, 0.15) is 57.7 Å². The molecule has 1 heterocycles. The number of carbonyl (C=O) groups excluding carboxylic acids is 2. The van der Waals surface area contributed by atoms with Crippen LogP contribution < -0.4 is 21.1 Å². The van der Waals surface area contributed by atoms with Gasteiger partial charge in [-0.25, -0.2) is 9.78 Å². The number of aliphatic hydroxyl groups is 1. The molecule has 3 rings (SSSR count). The van der Waals surface area contributed by atoms with Gasteiger partial charge in [0.25, 0.3) is 11.8 Å². The van der Waals surface area contributed by atoms with Crippen LogP contribution in [0, 0.1) is 10.8 Å². The minimum Gasteiger partial charge on any atom is -0.497 e. The Morgan fingerprint density at radius 1 is 1.03 bits per heavy atom. The number of aromatic nitrogens is 1. The quantitative estimate of drug-likeness (QED) is 0.179. The summed E-state index contributed by atoms with van der Waals surface area (Å²) in [5.41, 5.74) is 5.87. The summed E-state index contributed by atoms with van der Waals surface area (Å²) in [5.74, 6) is -2.32. The Morgan fingerprint density at radius 3 is 2.21 bits per heavy atom. The van der Waals surface area contributed by atoms with E-state index in [4.69, 9.17) is 15.9 Å². The van der Waals surface area contributed by atoms with Crippen molar-refractivity contribution in [3.63, 3.8) is 0 Å². The van der Waals surface area contributed by atoms with Crippen molar-refractivity contribution in [2.24, 2.45) is 11.1 Å². The lowest BCUT2D eigenvalue weighted by atomic mass is 9.87. The van der Waals surface area contributed by atoms with Crippen molar-refractivity contribution < 1.29 is 29.3 Å². The fourth-order valence-electron chi connectivity index (χ4n) is 3.74. The first-order valence-electron chi connectivity index (χ1n) is 12.0. The summed E-state index contributed by atoms with van der Waals surface area (Å²) in [6.07, 6.45) is 0. The predicted molar refractivity (Wildman–Crippen MR) is 146 cm³/mol. The highest BCUT2D eigenvalue weighted by molar-refractivity contribution is 6.10. The molecule has 0 saturated carbocycles. The number of rotatable bonds is 9. The Bertz CT molecular complexity index is 1410. The number of nitrogens with one attached hydrogen (secondary N) is 3. The molecular formula is C28H31N5O6. The highest BCUT2D eigenvalue weighted by atomic mass is 16.5. The average Bonchev–Trinajstić information content (AvgIpc) is 2.90. The number of aromatic carboxylic acids is 1. The molecule has 0 aliphatic rings. The third-order valence-electron chi connectivity index (χ3n) is 6.08. The molecule has 7 N–H and O–H groups in total. The van der Waals surface area contributed by atoms with Crippen LogP contribution in [0.5, 0.6) is 5.75 Å². The van der Waals surface area contributed by atoms with Crippen LogP contribution in [0.2, 0.25) is 0 Å². The molecule has 3 aromatic rings. The third kappa shape index (κ3) is 6.76. The van der Waals surface area contributed by atoms with E-state index < -0.39 is 34.9 Å². The van der Waals surface area contributed by atoms with E-state index in [9.17, 15) is 24.6 Å². The van der Waals surface area contributed by atoms with Crippen LogP contribution in [0.15, 0.2) is 54.6 Å². The number of pyridine rings is 1. The highest BCUT2D eigenvalue weighted by Gasteiger charge is 2.27. The molecule has 39 heavy (non-hydrogen) atoms. The second-order valence-corrected chi connectivity index (χ2v) is 9.83. The molecule has 0 aliphatic heterocycles. The Balaban J connectivity index is 2.02. The number of nitrogens with zero attached hydrogens (tertiary/aromatic N) is 1. The van der Waals surface area contributed by atoms with Crippen molar-refractivity contribution in [3.8, 4) is 16.9 Å². The van der Waals surface area contributed by atoms with Gasteiger partial charge in [-0.3, -0.25) is 15.0 Å². The molecule has 0 saturated heterocycles. The Labute approximate surface area is 225 Å². The number of benzene rings is 2. The molecule has 0 fully saturated rings. The van der Waals surface area contributed by atoms with E-state index in [0.29, 0.717) is 17.0 Å². The van der Waals surface area contributed by atoms with E-state index in [1.54, 1.807) is 30.3 Å². The SMILES string of the molecule is COc1ccc(-c2ccc(C(=O)N[C@H](CO)C(C)(C)C)nc2C(=O)O)c(C(=O)Nc2ccc(C(=N)N)cc2)c1. The molecule has 204 valence electrons. The molecule has 11 nitrogen and oxygen atoms in total. The molecule has 0 bridgehead atoms. The third-order valence-corrected chi connectivity index (χ3v) is 6.08. The number of ether oxygens (including phenoxy) is 1. The van der Waals surface area contributed by atoms with E-state index >= 15 is 0 Å². The summed E-state index contributed by atoms with van der Waals surface area (Å²) >= 11 is 0. The maximum absolute atomic E-state index is 13.3. The minimum atomic E-state index is -1.39. The van der Waals surface area contributed by atoms with Crippen molar-refractivity contribution in [1.29, 1.82) is 5.41 Å². The number of amides is 2. The molecule has 0 spiro atoms. The van der Waals surface area contributed by atoms with Crippen LogP contribution in [-0.4, -0.2) is 58.6 Å². The Kier molecular flexibility index (Phi) is 8.67. The molecular weight excluding hydrogens is 502 g/mol. The van der Waals surface area contributed by atoms with Gasteiger partial charge in [0, 0.05) is 16.8 Å². The van der Waals surface area contributed by atoms with Gasteiger partial charge in [-0.1, -0.05) is 20.8 Å². The Hall–Kier alpha value is -4.77. The van der Waals surface area contributed by atoms with Crippen LogP contribution in [0.3, 0.4) is 0 Å². The van der Waals surface area contributed by atoms with Crippen molar-refractivity contribution in [1.82, 2.24) is 10.3 Å². The smallest absolute Gasteiger partial charge is 0.355 e. The largest absolute Gasteiger partial charge is 0.497 e. The van der Waals surface area contributed by atoms with Gasteiger partial charge in [-0.2, -0.15) is 0 Å². The summed E-state index contributed by atoms with van der Waals surface area (Å²) in [7, 11) is 1.44. The lowest BCUT2D eigenvalue weighted by Gasteiger charge is -2.29. The average molecular weight is 534 g/mol. The number of methoxy groups -OCH3 is 1. The first-order valence-corrected chi connectivity index (χ1v) is 12.0. The van der Waals surface area contributed by atoms with Crippen molar-refractivity contribution >= 4 is 29.3 Å². The molecule has 2 aromatic carbocycles. The lowest BCUT2D eigenvalue weighted by Crippen LogP contribution is -2.46. The zero-order chi connectivity index (χ0) is 28.9. The van der Waals surface area contributed by atoms with Crippen LogP contribution >= 0.6 is 0 Å². The molecule has 11 heteroatoms. The number of aliphatic hydroxyl groups excluding tert-OH is 1. The number of anilines is 1. The first-order chi connectivity index (χ1) is 18.3. The highest BCUT2D eigenvalue weighted by Crippen LogP contribution is 2.31. The van der Waals surface area contributed by atoms with Crippen molar-refractivity contribution in [2.45, 2.75) is 26.8 Å². The van der Waals surface area contributed by atoms with E-state index in [1.807, 2.05) is 20.8 Å². The number of nitrogens with two attached hydrogens (primary N) is 1. The van der Waals surface area contributed by atoms with Crippen molar-refractivity contribution in [3.05, 3.63) is 77.1 Å². The van der Waals surface area contributed by atoms with Gasteiger partial charge in [0.15, 0.2) is 5.69 Å². The second-order valence-electron chi connectivity index (χ2n) is 9.83. The summed E-state index contributed by atoms with van der Waals surface area (Å²) in [6.45, 7) is 5.24.